The number of carbonyl (C=O) groups excluding carboxylic acids is 1. The van der Waals surface area contributed by atoms with Crippen LogP contribution in [0.4, 0.5) is 5.69 Å². The molecule has 0 aliphatic heterocycles. The maximum absolute atomic E-state index is 11.8. The Morgan fingerprint density at radius 3 is 2.47 bits per heavy atom. The third-order valence-electron chi connectivity index (χ3n) is 2.34. The van der Waals surface area contributed by atoms with Crippen LogP contribution in [0.1, 0.15) is 19.8 Å². The molecule has 2 N–H and O–H groups in total. The lowest BCUT2D eigenvalue weighted by atomic mass is 10.3. The number of nitrogens with one attached hydrogen (secondary N) is 2. The Hall–Kier alpha value is -1.66. The minimum atomic E-state index is -3.51. The molecule has 0 saturated heterocycles. The zero-order chi connectivity index (χ0) is 14.3. The summed E-state index contributed by atoms with van der Waals surface area (Å²) in [5.41, 5.74) is 0.584. The molecule has 19 heavy (non-hydrogen) atoms. The standard InChI is InChI=1S/C13H18N2O3S/c1-3-5-13(16)15-11-6-8-12(9-7-11)19(17,18)14-10-4-2/h4,6-9,14H,2-3,5,10H2,1H3,(H,15,16). The normalized spacial score (nSPS) is 11.0. The number of rotatable bonds is 7. The first-order valence-electron chi connectivity index (χ1n) is 6.00. The fourth-order valence-corrected chi connectivity index (χ4v) is 2.42. The van der Waals surface area contributed by atoms with Crippen LogP contribution in [-0.2, 0) is 14.8 Å². The molecule has 1 rings (SSSR count). The molecule has 1 amide bonds. The van der Waals surface area contributed by atoms with E-state index in [9.17, 15) is 13.2 Å². The third-order valence-corrected chi connectivity index (χ3v) is 3.78. The minimum Gasteiger partial charge on any atom is -0.326 e. The summed E-state index contributed by atoms with van der Waals surface area (Å²) in [5, 5.41) is 2.69. The molecule has 0 atom stereocenters. The van der Waals surface area contributed by atoms with Crippen molar-refractivity contribution in [1.82, 2.24) is 4.72 Å². The number of benzene rings is 1. The van der Waals surface area contributed by atoms with E-state index in [0.29, 0.717) is 12.1 Å². The maximum atomic E-state index is 11.8. The third kappa shape index (κ3) is 4.84. The Kier molecular flexibility index (Phi) is 5.72. The molecular formula is C13H18N2O3S. The Morgan fingerprint density at radius 2 is 1.95 bits per heavy atom. The molecule has 0 bridgehead atoms. The minimum absolute atomic E-state index is 0.0807. The van der Waals surface area contributed by atoms with Gasteiger partial charge in [-0.15, -0.1) is 6.58 Å². The van der Waals surface area contributed by atoms with Gasteiger partial charge in [0.15, 0.2) is 0 Å². The summed E-state index contributed by atoms with van der Waals surface area (Å²) in [5.74, 6) is -0.0807. The summed E-state index contributed by atoms with van der Waals surface area (Å²) in [6, 6.07) is 6.03. The summed E-state index contributed by atoms with van der Waals surface area (Å²) >= 11 is 0. The molecule has 0 aliphatic rings. The highest BCUT2D eigenvalue weighted by molar-refractivity contribution is 7.89. The average molecular weight is 282 g/mol. The molecule has 0 aliphatic carbocycles. The van der Waals surface area contributed by atoms with E-state index in [1.54, 1.807) is 12.1 Å². The van der Waals surface area contributed by atoms with E-state index in [2.05, 4.69) is 16.6 Å². The van der Waals surface area contributed by atoms with Gasteiger partial charge in [-0.05, 0) is 30.7 Å². The van der Waals surface area contributed by atoms with E-state index in [-0.39, 0.29) is 17.3 Å². The quantitative estimate of drug-likeness (QED) is 0.750. The Bertz CT molecular complexity index is 536. The van der Waals surface area contributed by atoms with Crippen LogP contribution in [0.2, 0.25) is 0 Å². The van der Waals surface area contributed by atoms with Crippen molar-refractivity contribution in [2.24, 2.45) is 0 Å². The number of hydrogen-bond donors (Lipinski definition) is 2. The van der Waals surface area contributed by atoms with Gasteiger partial charge >= 0.3 is 0 Å². The number of sulfonamides is 1. The number of hydrogen-bond acceptors (Lipinski definition) is 3. The average Bonchev–Trinajstić information content (AvgIpc) is 2.37. The Labute approximate surface area is 113 Å². The second kappa shape index (κ2) is 7.06. The van der Waals surface area contributed by atoms with Crippen molar-refractivity contribution in [2.75, 3.05) is 11.9 Å². The second-order valence-corrected chi connectivity index (χ2v) is 5.73. The highest BCUT2D eigenvalue weighted by atomic mass is 32.2. The monoisotopic (exact) mass is 282 g/mol. The number of carbonyl (C=O) groups is 1. The van der Waals surface area contributed by atoms with Crippen LogP contribution in [0.15, 0.2) is 41.8 Å². The van der Waals surface area contributed by atoms with Crippen LogP contribution < -0.4 is 10.0 Å². The number of anilines is 1. The van der Waals surface area contributed by atoms with Gasteiger partial charge in [-0.25, -0.2) is 13.1 Å². The summed E-state index contributed by atoms with van der Waals surface area (Å²) in [6.45, 7) is 5.54. The molecule has 5 nitrogen and oxygen atoms in total. The molecular weight excluding hydrogens is 264 g/mol. The summed E-state index contributed by atoms with van der Waals surface area (Å²) in [4.78, 5) is 11.5. The van der Waals surface area contributed by atoms with Gasteiger partial charge in [0.2, 0.25) is 15.9 Å². The highest BCUT2D eigenvalue weighted by Crippen LogP contribution is 2.14. The van der Waals surface area contributed by atoms with Gasteiger partial charge in [0.05, 0.1) is 4.90 Å². The van der Waals surface area contributed by atoms with Crippen LogP contribution in [0.3, 0.4) is 0 Å². The molecule has 0 radical (unpaired) electrons. The smallest absolute Gasteiger partial charge is 0.240 e. The van der Waals surface area contributed by atoms with Gasteiger partial charge in [-0.1, -0.05) is 13.0 Å². The van der Waals surface area contributed by atoms with Crippen LogP contribution in [0, 0.1) is 0 Å². The Balaban J connectivity index is 2.76. The van der Waals surface area contributed by atoms with Crippen LogP contribution >= 0.6 is 0 Å². The molecule has 0 fully saturated rings. The van der Waals surface area contributed by atoms with Crippen LogP contribution in [0.25, 0.3) is 0 Å². The molecule has 104 valence electrons. The molecule has 0 spiro atoms. The highest BCUT2D eigenvalue weighted by Gasteiger charge is 2.12. The topological polar surface area (TPSA) is 75.3 Å². The van der Waals surface area contributed by atoms with Gasteiger partial charge in [-0.2, -0.15) is 0 Å². The van der Waals surface area contributed by atoms with E-state index >= 15 is 0 Å². The van der Waals surface area contributed by atoms with Crippen molar-refractivity contribution in [3.05, 3.63) is 36.9 Å². The Morgan fingerprint density at radius 1 is 1.32 bits per heavy atom. The van der Waals surface area contributed by atoms with Gasteiger partial charge in [0.25, 0.3) is 0 Å². The van der Waals surface area contributed by atoms with Crippen LogP contribution in [0.5, 0.6) is 0 Å². The summed E-state index contributed by atoms with van der Waals surface area (Å²) in [7, 11) is -3.51. The summed E-state index contributed by atoms with van der Waals surface area (Å²) in [6.07, 6.45) is 2.68. The van der Waals surface area contributed by atoms with E-state index in [0.717, 1.165) is 6.42 Å². The lowest BCUT2D eigenvalue weighted by Gasteiger charge is -2.07. The van der Waals surface area contributed by atoms with Gasteiger partial charge < -0.3 is 5.32 Å². The second-order valence-electron chi connectivity index (χ2n) is 3.96. The largest absolute Gasteiger partial charge is 0.326 e. The molecule has 0 aromatic heterocycles. The predicted molar refractivity (Wildman–Crippen MR) is 75.4 cm³/mol. The van der Waals surface area contributed by atoms with Crippen molar-refractivity contribution in [3.8, 4) is 0 Å². The van der Waals surface area contributed by atoms with Gasteiger partial charge in [-0.3, -0.25) is 4.79 Å². The van der Waals surface area contributed by atoms with Crippen molar-refractivity contribution in [2.45, 2.75) is 24.7 Å². The lowest BCUT2D eigenvalue weighted by molar-refractivity contribution is -0.116. The molecule has 0 heterocycles. The first-order chi connectivity index (χ1) is 8.99. The predicted octanol–water partition coefficient (Wildman–Crippen LogP) is 1.89. The molecule has 1 aromatic rings. The lowest BCUT2D eigenvalue weighted by Crippen LogP contribution is -2.23. The molecule has 0 saturated carbocycles. The van der Waals surface area contributed by atoms with Gasteiger partial charge in [0.1, 0.15) is 0 Å². The fourth-order valence-electron chi connectivity index (χ4n) is 1.42. The zero-order valence-electron chi connectivity index (χ0n) is 10.8. The fraction of sp³-hybridized carbons (Fsp3) is 0.308. The van der Waals surface area contributed by atoms with Crippen molar-refractivity contribution >= 4 is 21.6 Å². The van der Waals surface area contributed by atoms with Crippen LogP contribution in [-0.4, -0.2) is 20.9 Å². The molecule has 6 heteroatoms. The van der Waals surface area contributed by atoms with E-state index in [1.165, 1.54) is 18.2 Å². The SMILES string of the molecule is C=CCNS(=O)(=O)c1ccc(NC(=O)CCC)cc1. The van der Waals surface area contributed by atoms with E-state index < -0.39 is 10.0 Å². The first kappa shape index (κ1) is 15.4. The van der Waals surface area contributed by atoms with Crippen molar-refractivity contribution in [1.29, 1.82) is 0 Å². The molecule has 1 aromatic carbocycles. The first-order valence-corrected chi connectivity index (χ1v) is 7.48. The van der Waals surface area contributed by atoms with Gasteiger partial charge in [0, 0.05) is 18.7 Å². The molecule has 0 unspecified atom stereocenters. The van der Waals surface area contributed by atoms with Crippen molar-refractivity contribution in [3.63, 3.8) is 0 Å². The summed E-state index contributed by atoms with van der Waals surface area (Å²) < 4.78 is 25.9. The van der Waals surface area contributed by atoms with E-state index in [1.807, 2.05) is 6.92 Å². The number of amides is 1. The van der Waals surface area contributed by atoms with E-state index in [4.69, 9.17) is 0 Å². The zero-order valence-corrected chi connectivity index (χ0v) is 11.7. The maximum Gasteiger partial charge on any atom is 0.240 e. The van der Waals surface area contributed by atoms with Crippen molar-refractivity contribution < 1.29 is 13.2 Å².